The average Bonchev–Trinajstić information content (AvgIpc) is 2.47. The predicted molar refractivity (Wildman–Crippen MR) is 93.2 cm³/mol. The van der Waals surface area contributed by atoms with E-state index in [1.165, 1.54) is 77.6 Å². The van der Waals surface area contributed by atoms with Crippen molar-refractivity contribution in [2.75, 3.05) is 0 Å². The fourth-order valence-corrected chi connectivity index (χ4v) is 2.77. The van der Waals surface area contributed by atoms with Crippen LogP contribution in [-0.2, 0) is 4.79 Å². The van der Waals surface area contributed by atoms with Crippen LogP contribution in [0.15, 0.2) is 0 Å². The summed E-state index contributed by atoms with van der Waals surface area (Å²) in [4.78, 5) is 10.7. The van der Waals surface area contributed by atoms with E-state index in [1.54, 1.807) is 0 Å². The van der Waals surface area contributed by atoms with Crippen LogP contribution in [0.3, 0.4) is 0 Å². The molecule has 0 aliphatic carbocycles. The summed E-state index contributed by atoms with van der Waals surface area (Å²) < 4.78 is 0. The lowest BCUT2D eigenvalue weighted by atomic mass is 9.97. The number of unbranched alkanes of at least 4 members (excludes halogenated alkanes) is 13. The fourth-order valence-electron chi connectivity index (χ4n) is 2.77. The van der Waals surface area contributed by atoms with Gasteiger partial charge < -0.3 is 10.2 Å². The van der Waals surface area contributed by atoms with Crippen molar-refractivity contribution in [1.82, 2.24) is 0 Å². The lowest BCUT2D eigenvalue weighted by molar-refractivity contribution is -0.157. The van der Waals surface area contributed by atoms with E-state index in [-0.39, 0.29) is 0 Å². The molecule has 0 fully saturated rings. The quantitative estimate of drug-likeness (QED) is 0.360. The van der Waals surface area contributed by atoms with E-state index < -0.39 is 11.6 Å². The minimum atomic E-state index is -1.54. The Morgan fingerprint density at radius 1 is 0.727 bits per heavy atom. The van der Waals surface area contributed by atoms with Gasteiger partial charge in [-0.2, -0.15) is 0 Å². The Hall–Kier alpha value is -0.570. The van der Waals surface area contributed by atoms with Crippen LogP contribution in [0.1, 0.15) is 110 Å². The molecule has 0 saturated heterocycles. The van der Waals surface area contributed by atoms with E-state index in [1.807, 2.05) is 0 Å². The molecule has 0 unspecified atom stereocenters. The van der Waals surface area contributed by atoms with Crippen molar-refractivity contribution in [3.8, 4) is 0 Å². The maximum absolute atomic E-state index is 10.7. The molecular weight excluding hydrogens is 276 g/mol. The highest BCUT2D eigenvalue weighted by Gasteiger charge is 2.28. The number of aliphatic carboxylic acids is 1. The van der Waals surface area contributed by atoms with E-state index in [0.717, 1.165) is 19.3 Å². The van der Waals surface area contributed by atoms with Gasteiger partial charge in [-0.05, 0) is 19.8 Å². The third-order valence-corrected chi connectivity index (χ3v) is 4.48. The van der Waals surface area contributed by atoms with Crippen LogP contribution < -0.4 is 0 Å². The second kappa shape index (κ2) is 14.0. The van der Waals surface area contributed by atoms with Gasteiger partial charge in [0.25, 0.3) is 0 Å². The molecular formula is C19H38O3. The highest BCUT2D eigenvalue weighted by atomic mass is 16.4. The Kier molecular flexibility index (Phi) is 13.7. The van der Waals surface area contributed by atoms with Gasteiger partial charge >= 0.3 is 5.97 Å². The van der Waals surface area contributed by atoms with Gasteiger partial charge in [0.15, 0.2) is 5.60 Å². The van der Waals surface area contributed by atoms with Crippen molar-refractivity contribution in [2.45, 2.75) is 116 Å². The molecule has 0 radical (unpaired) electrons. The highest BCUT2D eigenvalue weighted by Crippen LogP contribution is 2.17. The van der Waals surface area contributed by atoms with Gasteiger partial charge in [0, 0.05) is 0 Å². The van der Waals surface area contributed by atoms with Crippen LogP contribution in [0.5, 0.6) is 0 Å². The number of aliphatic hydroxyl groups is 1. The van der Waals surface area contributed by atoms with Crippen molar-refractivity contribution in [3.63, 3.8) is 0 Å². The third-order valence-electron chi connectivity index (χ3n) is 4.48. The van der Waals surface area contributed by atoms with Crippen LogP contribution in [0, 0.1) is 0 Å². The number of carbonyl (C=O) groups is 1. The predicted octanol–water partition coefficient (Wildman–Crippen LogP) is 5.69. The molecule has 0 spiro atoms. The summed E-state index contributed by atoms with van der Waals surface area (Å²) in [6.45, 7) is 3.65. The lowest BCUT2D eigenvalue weighted by Crippen LogP contribution is -2.34. The number of hydrogen-bond donors (Lipinski definition) is 2. The zero-order valence-electron chi connectivity index (χ0n) is 14.9. The smallest absolute Gasteiger partial charge is 0.335 e. The molecule has 0 rings (SSSR count). The molecule has 0 saturated carbocycles. The van der Waals surface area contributed by atoms with Gasteiger partial charge in [-0.15, -0.1) is 0 Å². The maximum atomic E-state index is 10.7. The topological polar surface area (TPSA) is 57.5 Å². The molecule has 0 aliphatic rings. The first-order chi connectivity index (χ1) is 10.5. The van der Waals surface area contributed by atoms with Gasteiger partial charge in [-0.3, -0.25) is 0 Å². The van der Waals surface area contributed by atoms with Gasteiger partial charge in [0.05, 0.1) is 0 Å². The van der Waals surface area contributed by atoms with Crippen molar-refractivity contribution in [3.05, 3.63) is 0 Å². The monoisotopic (exact) mass is 314 g/mol. The molecule has 0 bridgehead atoms. The zero-order valence-corrected chi connectivity index (χ0v) is 14.9. The number of carboxylic acid groups (broad SMARTS) is 1. The summed E-state index contributed by atoms with van der Waals surface area (Å²) >= 11 is 0. The van der Waals surface area contributed by atoms with Crippen LogP contribution in [0.4, 0.5) is 0 Å². The van der Waals surface area contributed by atoms with Gasteiger partial charge in [-0.25, -0.2) is 4.79 Å². The molecule has 0 heterocycles. The summed E-state index contributed by atoms with van der Waals surface area (Å²) in [5.74, 6) is -1.11. The molecule has 3 heteroatoms. The van der Waals surface area contributed by atoms with E-state index >= 15 is 0 Å². The van der Waals surface area contributed by atoms with Gasteiger partial charge in [0.2, 0.25) is 0 Å². The Balaban J connectivity index is 3.16. The molecule has 132 valence electrons. The molecule has 0 aromatic carbocycles. The standard InChI is InChI=1S/C19H38O3/c1-3-4-5-6-7-8-9-10-11-12-13-14-15-16-17-19(2,22)18(20)21/h22H,3-17H2,1-2H3,(H,20,21)/t19-/m1/s1. The fraction of sp³-hybridized carbons (Fsp3) is 0.947. The van der Waals surface area contributed by atoms with Crippen LogP contribution >= 0.6 is 0 Å². The van der Waals surface area contributed by atoms with Gasteiger partial charge in [0.1, 0.15) is 0 Å². The Morgan fingerprint density at radius 2 is 1.05 bits per heavy atom. The van der Waals surface area contributed by atoms with Crippen molar-refractivity contribution in [2.24, 2.45) is 0 Å². The first-order valence-corrected chi connectivity index (χ1v) is 9.46. The zero-order chi connectivity index (χ0) is 16.7. The third kappa shape index (κ3) is 13.1. The molecule has 1 atom stereocenters. The number of hydrogen-bond acceptors (Lipinski definition) is 2. The molecule has 3 nitrogen and oxygen atoms in total. The summed E-state index contributed by atoms with van der Waals surface area (Å²) in [5, 5.41) is 18.4. The van der Waals surface area contributed by atoms with Gasteiger partial charge in [-0.1, -0.05) is 90.4 Å². The minimum Gasteiger partial charge on any atom is -0.479 e. The molecule has 0 aromatic rings. The second-order valence-electron chi connectivity index (χ2n) is 6.93. The first-order valence-electron chi connectivity index (χ1n) is 9.46. The normalized spacial score (nSPS) is 14.0. The van der Waals surface area contributed by atoms with Crippen LogP contribution in [0.25, 0.3) is 0 Å². The summed E-state index contributed by atoms with van der Waals surface area (Å²) in [5.41, 5.74) is -1.54. The summed E-state index contributed by atoms with van der Waals surface area (Å²) in [6.07, 6.45) is 18.3. The molecule has 2 N–H and O–H groups in total. The first kappa shape index (κ1) is 21.4. The van der Waals surface area contributed by atoms with Crippen molar-refractivity contribution >= 4 is 5.97 Å². The molecule has 0 aliphatic heterocycles. The van der Waals surface area contributed by atoms with Crippen LogP contribution in [-0.4, -0.2) is 21.8 Å². The Morgan fingerprint density at radius 3 is 1.36 bits per heavy atom. The molecule has 0 amide bonds. The largest absolute Gasteiger partial charge is 0.479 e. The van der Waals surface area contributed by atoms with Crippen LogP contribution in [0.2, 0.25) is 0 Å². The Bertz CT molecular complexity index is 261. The highest BCUT2D eigenvalue weighted by molar-refractivity contribution is 5.76. The summed E-state index contributed by atoms with van der Waals surface area (Å²) in [6, 6.07) is 0. The van der Waals surface area contributed by atoms with E-state index in [0.29, 0.717) is 6.42 Å². The number of rotatable bonds is 16. The van der Waals surface area contributed by atoms with E-state index in [9.17, 15) is 9.90 Å². The molecule has 22 heavy (non-hydrogen) atoms. The van der Waals surface area contributed by atoms with E-state index in [4.69, 9.17) is 5.11 Å². The molecule has 0 aromatic heterocycles. The van der Waals surface area contributed by atoms with Crippen molar-refractivity contribution < 1.29 is 15.0 Å². The van der Waals surface area contributed by atoms with E-state index in [2.05, 4.69) is 6.92 Å². The average molecular weight is 315 g/mol. The number of carboxylic acids is 1. The SMILES string of the molecule is CCCCCCCCCCCCCCCC[C@@](C)(O)C(=O)O. The summed E-state index contributed by atoms with van der Waals surface area (Å²) in [7, 11) is 0. The maximum Gasteiger partial charge on any atom is 0.335 e. The second-order valence-corrected chi connectivity index (χ2v) is 6.93. The minimum absolute atomic E-state index is 0.361. The Labute approximate surface area is 137 Å². The lowest BCUT2D eigenvalue weighted by Gasteiger charge is -2.17. The van der Waals surface area contributed by atoms with Crippen molar-refractivity contribution in [1.29, 1.82) is 0 Å².